The number of methoxy groups -OCH3 is 1. The van der Waals surface area contributed by atoms with Gasteiger partial charge in [0.2, 0.25) is 0 Å². The molecule has 2 fully saturated rings. The van der Waals surface area contributed by atoms with Crippen LogP contribution in [0.25, 0.3) is 0 Å². The van der Waals surface area contributed by atoms with E-state index in [0.29, 0.717) is 6.04 Å². The molecule has 1 atom stereocenters. The van der Waals surface area contributed by atoms with Crippen molar-refractivity contribution < 1.29 is 9.53 Å². The van der Waals surface area contributed by atoms with Crippen LogP contribution in [0.2, 0.25) is 0 Å². The van der Waals surface area contributed by atoms with Crippen LogP contribution >= 0.6 is 0 Å². The largest absolute Gasteiger partial charge is 0.469 e. The SMILES string of the molecule is COC(=O)C1CN([C@H]2CCNC2)C1. The first kappa shape index (κ1) is 8.97. The van der Waals surface area contributed by atoms with Crippen LogP contribution in [-0.4, -0.2) is 50.2 Å². The maximum Gasteiger partial charge on any atom is 0.311 e. The first-order valence-corrected chi connectivity index (χ1v) is 4.84. The van der Waals surface area contributed by atoms with E-state index in [4.69, 9.17) is 0 Å². The summed E-state index contributed by atoms with van der Waals surface area (Å²) in [7, 11) is 1.46. The molecule has 13 heavy (non-hydrogen) atoms. The summed E-state index contributed by atoms with van der Waals surface area (Å²) >= 11 is 0. The molecule has 2 heterocycles. The van der Waals surface area contributed by atoms with Crippen molar-refractivity contribution in [1.29, 1.82) is 0 Å². The van der Waals surface area contributed by atoms with Gasteiger partial charge in [0.25, 0.3) is 0 Å². The molecule has 0 amide bonds. The predicted molar refractivity (Wildman–Crippen MR) is 48.4 cm³/mol. The minimum atomic E-state index is -0.0535. The van der Waals surface area contributed by atoms with E-state index in [9.17, 15) is 4.79 Å². The molecule has 2 aliphatic rings. The molecule has 2 aliphatic heterocycles. The average Bonchev–Trinajstić information content (AvgIpc) is 2.54. The summed E-state index contributed by atoms with van der Waals surface area (Å²) in [5.41, 5.74) is 0. The zero-order valence-electron chi connectivity index (χ0n) is 7.95. The second-order valence-corrected chi connectivity index (χ2v) is 3.82. The maximum atomic E-state index is 11.1. The molecule has 4 nitrogen and oxygen atoms in total. The standard InChI is InChI=1S/C9H16N2O2/c1-13-9(12)7-5-11(6-7)8-2-3-10-4-8/h7-8,10H,2-6H2,1H3/t8-/m0/s1. The Morgan fingerprint density at radius 3 is 2.85 bits per heavy atom. The molecule has 0 bridgehead atoms. The van der Waals surface area contributed by atoms with Gasteiger partial charge in [0.15, 0.2) is 0 Å². The second-order valence-electron chi connectivity index (χ2n) is 3.82. The van der Waals surface area contributed by atoms with Gasteiger partial charge in [-0.05, 0) is 13.0 Å². The van der Waals surface area contributed by atoms with Crippen LogP contribution in [0.1, 0.15) is 6.42 Å². The first-order valence-electron chi connectivity index (χ1n) is 4.84. The van der Waals surface area contributed by atoms with Crippen molar-refractivity contribution in [3.8, 4) is 0 Å². The van der Waals surface area contributed by atoms with Gasteiger partial charge >= 0.3 is 5.97 Å². The Kier molecular flexibility index (Phi) is 2.51. The van der Waals surface area contributed by atoms with Crippen LogP contribution < -0.4 is 5.32 Å². The van der Waals surface area contributed by atoms with Crippen molar-refractivity contribution in [1.82, 2.24) is 10.2 Å². The van der Waals surface area contributed by atoms with Crippen LogP contribution in [0.15, 0.2) is 0 Å². The minimum Gasteiger partial charge on any atom is -0.469 e. The molecule has 0 saturated carbocycles. The third-order valence-electron chi connectivity index (χ3n) is 3.00. The highest BCUT2D eigenvalue weighted by atomic mass is 16.5. The topological polar surface area (TPSA) is 41.6 Å². The van der Waals surface area contributed by atoms with Crippen LogP contribution in [0, 0.1) is 5.92 Å². The van der Waals surface area contributed by atoms with Crippen molar-refractivity contribution in [3.05, 3.63) is 0 Å². The minimum absolute atomic E-state index is 0.0535. The van der Waals surface area contributed by atoms with Gasteiger partial charge in [0.1, 0.15) is 0 Å². The van der Waals surface area contributed by atoms with Crippen molar-refractivity contribution in [2.24, 2.45) is 5.92 Å². The Morgan fingerprint density at radius 2 is 2.31 bits per heavy atom. The number of nitrogens with zero attached hydrogens (tertiary/aromatic N) is 1. The summed E-state index contributed by atoms with van der Waals surface area (Å²) < 4.78 is 4.68. The maximum absolute atomic E-state index is 11.1. The molecule has 1 N–H and O–H groups in total. The fourth-order valence-electron chi connectivity index (χ4n) is 2.08. The van der Waals surface area contributed by atoms with Gasteiger partial charge in [-0.25, -0.2) is 0 Å². The third-order valence-corrected chi connectivity index (χ3v) is 3.00. The monoisotopic (exact) mass is 184 g/mol. The van der Waals surface area contributed by atoms with E-state index in [1.165, 1.54) is 13.5 Å². The smallest absolute Gasteiger partial charge is 0.311 e. The summed E-state index contributed by atoms with van der Waals surface area (Å²) in [5.74, 6) is 0.0767. The number of esters is 1. The van der Waals surface area contributed by atoms with E-state index in [2.05, 4.69) is 15.0 Å². The number of nitrogens with one attached hydrogen (secondary N) is 1. The first-order chi connectivity index (χ1) is 6.31. The Hall–Kier alpha value is -0.610. The highest BCUT2D eigenvalue weighted by Gasteiger charge is 2.37. The molecular weight excluding hydrogens is 168 g/mol. The molecule has 0 unspecified atom stereocenters. The molecule has 0 spiro atoms. The predicted octanol–water partition coefficient (Wildman–Crippen LogP) is -0.547. The highest BCUT2D eigenvalue weighted by Crippen LogP contribution is 2.22. The zero-order valence-corrected chi connectivity index (χ0v) is 7.95. The fraction of sp³-hybridized carbons (Fsp3) is 0.889. The lowest BCUT2D eigenvalue weighted by molar-refractivity contribution is -0.152. The van der Waals surface area contributed by atoms with Gasteiger partial charge in [-0.3, -0.25) is 9.69 Å². The lowest BCUT2D eigenvalue weighted by Gasteiger charge is -2.41. The number of hydrogen-bond acceptors (Lipinski definition) is 4. The molecule has 0 aliphatic carbocycles. The summed E-state index contributed by atoms with van der Waals surface area (Å²) in [4.78, 5) is 13.5. The summed E-state index contributed by atoms with van der Waals surface area (Å²) in [5, 5.41) is 3.32. The number of hydrogen-bond donors (Lipinski definition) is 1. The molecule has 0 aromatic rings. The molecule has 2 saturated heterocycles. The average molecular weight is 184 g/mol. The summed E-state index contributed by atoms with van der Waals surface area (Å²) in [6, 6.07) is 0.654. The van der Waals surface area contributed by atoms with Crippen LogP contribution in [0.5, 0.6) is 0 Å². The Bertz CT molecular complexity index is 196. The van der Waals surface area contributed by atoms with Crippen molar-refractivity contribution in [2.75, 3.05) is 33.3 Å². The number of rotatable bonds is 2. The van der Waals surface area contributed by atoms with Gasteiger partial charge < -0.3 is 10.1 Å². The van der Waals surface area contributed by atoms with Gasteiger partial charge in [-0.15, -0.1) is 0 Å². The molecule has 4 heteroatoms. The number of carbonyl (C=O) groups is 1. The quantitative estimate of drug-likeness (QED) is 0.585. The second kappa shape index (κ2) is 3.64. The van der Waals surface area contributed by atoms with Gasteiger partial charge in [0, 0.05) is 25.7 Å². The van der Waals surface area contributed by atoms with E-state index in [1.54, 1.807) is 0 Å². The highest BCUT2D eigenvalue weighted by molar-refractivity contribution is 5.73. The molecule has 74 valence electrons. The van der Waals surface area contributed by atoms with Crippen molar-refractivity contribution >= 4 is 5.97 Å². The lowest BCUT2D eigenvalue weighted by atomic mass is 9.97. The zero-order chi connectivity index (χ0) is 9.26. The third kappa shape index (κ3) is 1.69. The van der Waals surface area contributed by atoms with E-state index in [-0.39, 0.29) is 11.9 Å². The normalized spacial score (nSPS) is 30.1. The summed E-state index contributed by atoms with van der Waals surface area (Å²) in [6.45, 7) is 3.97. The molecule has 2 rings (SSSR count). The molecule has 0 radical (unpaired) electrons. The Morgan fingerprint density at radius 1 is 1.54 bits per heavy atom. The van der Waals surface area contributed by atoms with Gasteiger partial charge in [0.05, 0.1) is 13.0 Å². The van der Waals surface area contributed by atoms with Crippen molar-refractivity contribution in [2.45, 2.75) is 12.5 Å². The lowest BCUT2D eigenvalue weighted by Crippen LogP contribution is -2.55. The van der Waals surface area contributed by atoms with E-state index in [1.807, 2.05) is 0 Å². The molecule has 0 aromatic carbocycles. The van der Waals surface area contributed by atoms with E-state index in [0.717, 1.165) is 26.2 Å². The van der Waals surface area contributed by atoms with Gasteiger partial charge in [-0.2, -0.15) is 0 Å². The molecular formula is C9H16N2O2. The number of ether oxygens (including phenoxy) is 1. The fourth-order valence-corrected chi connectivity index (χ4v) is 2.08. The Balaban J connectivity index is 1.74. The van der Waals surface area contributed by atoms with E-state index < -0.39 is 0 Å². The molecule has 0 aromatic heterocycles. The Labute approximate surface area is 78.2 Å². The van der Waals surface area contributed by atoms with Crippen LogP contribution in [-0.2, 0) is 9.53 Å². The van der Waals surface area contributed by atoms with Crippen LogP contribution in [0.4, 0.5) is 0 Å². The summed E-state index contributed by atoms with van der Waals surface area (Å²) in [6.07, 6.45) is 1.22. The van der Waals surface area contributed by atoms with Gasteiger partial charge in [-0.1, -0.05) is 0 Å². The van der Waals surface area contributed by atoms with Crippen molar-refractivity contribution in [3.63, 3.8) is 0 Å². The van der Waals surface area contributed by atoms with E-state index >= 15 is 0 Å². The number of likely N-dealkylation sites (tertiary alicyclic amines) is 1. The number of carbonyl (C=O) groups excluding carboxylic acids is 1. The van der Waals surface area contributed by atoms with Crippen LogP contribution in [0.3, 0.4) is 0 Å².